The van der Waals surface area contributed by atoms with Crippen molar-refractivity contribution in [1.82, 2.24) is 9.80 Å². The number of hydrogen-bond acceptors (Lipinski definition) is 6. The molecular formula is C41H40BrN3O5. The zero-order valence-corrected chi connectivity index (χ0v) is 29.5. The zero-order chi connectivity index (χ0) is 34.2. The van der Waals surface area contributed by atoms with Crippen LogP contribution in [0.5, 0.6) is 5.75 Å². The molecule has 2 aliphatic heterocycles. The molecule has 8 rings (SSSR count). The minimum Gasteiger partial charge on any atom is -0.487 e. The molecule has 50 heavy (non-hydrogen) atoms. The van der Waals surface area contributed by atoms with Crippen LogP contribution >= 0.6 is 15.9 Å². The molecule has 0 radical (unpaired) electrons. The van der Waals surface area contributed by atoms with Crippen molar-refractivity contribution < 1.29 is 23.9 Å². The maximum atomic E-state index is 13.7. The predicted octanol–water partition coefficient (Wildman–Crippen LogP) is 8.13. The molecule has 1 saturated heterocycles. The van der Waals surface area contributed by atoms with Gasteiger partial charge in [-0.15, -0.1) is 0 Å². The summed E-state index contributed by atoms with van der Waals surface area (Å²) < 4.78 is 13.4. The Morgan fingerprint density at radius 1 is 0.860 bits per heavy atom. The summed E-state index contributed by atoms with van der Waals surface area (Å²) in [5.74, 6) is 0.533. The van der Waals surface area contributed by atoms with Crippen LogP contribution in [-0.4, -0.2) is 53.4 Å². The Balaban J connectivity index is 1.10. The van der Waals surface area contributed by atoms with Gasteiger partial charge in [0, 0.05) is 35.6 Å². The van der Waals surface area contributed by atoms with E-state index in [1.807, 2.05) is 53.4 Å². The Bertz CT molecular complexity index is 1900. The number of nitrogens with one attached hydrogen (secondary N) is 1. The Hall–Kier alpha value is -4.63. The van der Waals surface area contributed by atoms with Crippen molar-refractivity contribution in [2.24, 2.45) is 5.92 Å². The largest absolute Gasteiger partial charge is 0.487 e. The van der Waals surface area contributed by atoms with Gasteiger partial charge in [0.1, 0.15) is 19.0 Å². The van der Waals surface area contributed by atoms with Crippen LogP contribution in [0, 0.1) is 5.92 Å². The van der Waals surface area contributed by atoms with Gasteiger partial charge >= 0.3 is 6.09 Å². The Morgan fingerprint density at radius 3 is 2.22 bits per heavy atom. The molecule has 2 heterocycles. The molecule has 4 aromatic carbocycles. The molecule has 0 spiro atoms. The SMILES string of the molecule is O=C1c2ccccc2C(=O)N1CCNc1c(OCc2ccccc2)cc2c(c1Br)C[C@H]1[C@H]3CCCC[C@@]23CCN1C(=O)OCc1ccccc1. The van der Waals surface area contributed by atoms with Gasteiger partial charge in [0.25, 0.3) is 11.8 Å². The highest BCUT2D eigenvalue weighted by Crippen LogP contribution is 2.58. The van der Waals surface area contributed by atoms with E-state index in [2.05, 4.69) is 39.4 Å². The number of imide groups is 1. The van der Waals surface area contributed by atoms with Crippen LogP contribution in [0.25, 0.3) is 0 Å². The number of anilines is 1. The molecule has 1 saturated carbocycles. The first-order valence-corrected chi connectivity index (χ1v) is 18.4. The second-order valence-corrected chi connectivity index (χ2v) is 14.7. The molecule has 3 amide bonds. The van der Waals surface area contributed by atoms with Crippen molar-refractivity contribution >= 4 is 39.5 Å². The summed E-state index contributed by atoms with van der Waals surface area (Å²) in [5, 5.41) is 3.55. The fourth-order valence-electron chi connectivity index (χ4n) is 8.86. The first kappa shape index (κ1) is 32.6. The number of halogens is 1. The molecule has 4 aromatic rings. The van der Waals surface area contributed by atoms with Crippen LogP contribution in [-0.2, 0) is 29.8 Å². The molecule has 256 valence electrons. The topological polar surface area (TPSA) is 88.2 Å². The zero-order valence-electron chi connectivity index (χ0n) is 27.9. The second kappa shape index (κ2) is 13.6. The maximum Gasteiger partial charge on any atom is 0.410 e. The summed E-state index contributed by atoms with van der Waals surface area (Å²) in [7, 11) is 0. The third-order valence-electron chi connectivity index (χ3n) is 11.2. The van der Waals surface area contributed by atoms with Crippen LogP contribution in [0.3, 0.4) is 0 Å². The Kier molecular flexibility index (Phi) is 8.85. The normalized spacial score (nSPS) is 22.0. The molecule has 0 aromatic heterocycles. The quantitative estimate of drug-likeness (QED) is 0.175. The molecule has 2 bridgehead atoms. The second-order valence-electron chi connectivity index (χ2n) is 13.9. The van der Waals surface area contributed by atoms with Gasteiger partial charge in [-0.25, -0.2) is 4.79 Å². The van der Waals surface area contributed by atoms with E-state index in [0.717, 1.165) is 59.1 Å². The number of piperidine rings is 1. The standard InChI is InChI=1S/C41H40BrN3O5/c42-36-31-23-34-32-17-9-10-18-41(32,19-21-44(34)40(48)50-26-28-13-5-2-6-14-28)33(31)24-35(49-25-27-11-3-1-4-12-27)37(36)43-20-22-45-38(46)29-15-7-8-16-30(29)39(45)47/h1-8,11-16,24,32,34,43H,9-10,17-23,25-26H2/t32-,34+,41+/m1/s1. The van der Waals surface area contributed by atoms with E-state index in [1.54, 1.807) is 24.3 Å². The number of hydrogen-bond donors (Lipinski definition) is 1. The molecule has 9 heteroatoms. The number of fused-ring (bicyclic) bond motifs is 2. The third-order valence-corrected chi connectivity index (χ3v) is 12.1. The van der Waals surface area contributed by atoms with Gasteiger partial charge in [0.05, 0.1) is 16.8 Å². The minimum absolute atomic E-state index is 0.0263. The number of likely N-dealkylation sites (tertiary alicyclic amines) is 1. The molecule has 2 fully saturated rings. The van der Waals surface area contributed by atoms with E-state index in [4.69, 9.17) is 9.47 Å². The van der Waals surface area contributed by atoms with Gasteiger partial charge in [-0.3, -0.25) is 14.5 Å². The van der Waals surface area contributed by atoms with Crippen molar-refractivity contribution in [3.05, 3.63) is 129 Å². The molecule has 3 atom stereocenters. The monoisotopic (exact) mass is 733 g/mol. The van der Waals surface area contributed by atoms with Gasteiger partial charge in [-0.2, -0.15) is 0 Å². The summed E-state index contributed by atoms with van der Waals surface area (Å²) in [4.78, 5) is 43.2. The van der Waals surface area contributed by atoms with Gasteiger partial charge in [0.15, 0.2) is 0 Å². The number of carbonyl (C=O) groups excluding carboxylic acids is 3. The minimum atomic E-state index is -0.271. The van der Waals surface area contributed by atoms with Crippen molar-refractivity contribution in [2.75, 3.05) is 25.0 Å². The fourth-order valence-corrected chi connectivity index (χ4v) is 9.57. The highest BCUT2D eigenvalue weighted by atomic mass is 79.9. The highest BCUT2D eigenvalue weighted by molar-refractivity contribution is 9.10. The lowest BCUT2D eigenvalue weighted by molar-refractivity contribution is -0.0138. The van der Waals surface area contributed by atoms with Crippen molar-refractivity contribution in [3.8, 4) is 5.75 Å². The van der Waals surface area contributed by atoms with Crippen molar-refractivity contribution in [3.63, 3.8) is 0 Å². The van der Waals surface area contributed by atoms with E-state index >= 15 is 0 Å². The maximum absolute atomic E-state index is 13.7. The molecule has 2 aliphatic carbocycles. The number of amides is 3. The molecular weight excluding hydrogens is 694 g/mol. The summed E-state index contributed by atoms with van der Waals surface area (Å²) >= 11 is 4.02. The average molecular weight is 735 g/mol. The van der Waals surface area contributed by atoms with Crippen LogP contribution in [0.1, 0.15) is 75.1 Å². The van der Waals surface area contributed by atoms with Crippen molar-refractivity contribution in [1.29, 1.82) is 0 Å². The number of carbonyl (C=O) groups is 3. The van der Waals surface area contributed by atoms with Gasteiger partial charge < -0.3 is 19.7 Å². The predicted molar refractivity (Wildman–Crippen MR) is 194 cm³/mol. The van der Waals surface area contributed by atoms with E-state index < -0.39 is 0 Å². The van der Waals surface area contributed by atoms with Crippen LogP contribution < -0.4 is 10.1 Å². The summed E-state index contributed by atoms with van der Waals surface area (Å²) in [6.07, 6.45) is 5.78. The van der Waals surface area contributed by atoms with E-state index in [0.29, 0.717) is 43.2 Å². The smallest absolute Gasteiger partial charge is 0.410 e. The fraction of sp³-hybridized carbons (Fsp3) is 0.341. The molecule has 1 N–H and O–H groups in total. The first-order chi connectivity index (χ1) is 24.4. The molecule has 0 unspecified atom stereocenters. The van der Waals surface area contributed by atoms with Crippen molar-refractivity contribution in [2.45, 2.75) is 63.2 Å². The van der Waals surface area contributed by atoms with Crippen LogP contribution in [0.4, 0.5) is 10.5 Å². The average Bonchev–Trinajstić information content (AvgIpc) is 3.40. The Labute approximate surface area is 300 Å². The number of rotatable bonds is 9. The number of benzene rings is 4. The molecule has 8 nitrogen and oxygen atoms in total. The summed E-state index contributed by atoms with van der Waals surface area (Å²) in [5.41, 5.74) is 6.16. The van der Waals surface area contributed by atoms with Crippen LogP contribution in [0.15, 0.2) is 95.5 Å². The lowest BCUT2D eigenvalue weighted by Gasteiger charge is -2.58. The summed E-state index contributed by atoms with van der Waals surface area (Å²) in [6.45, 7) is 1.87. The third kappa shape index (κ3) is 5.75. The first-order valence-electron chi connectivity index (χ1n) is 17.6. The van der Waals surface area contributed by atoms with Crippen LogP contribution in [0.2, 0.25) is 0 Å². The lowest BCUT2D eigenvalue weighted by atomic mass is 9.52. The number of ether oxygens (including phenoxy) is 2. The van der Waals surface area contributed by atoms with Gasteiger partial charge in [-0.05, 0) is 88.0 Å². The van der Waals surface area contributed by atoms with Gasteiger partial charge in [-0.1, -0.05) is 85.6 Å². The van der Waals surface area contributed by atoms with E-state index in [-0.39, 0.29) is 42.5 Å². The highest BCUT2D eigenvalue weighted by Gasteiger charge is 2.56. The van der Waals surface area contributed by atoms with Gasteiger partial charge in [0.2, 0.25) is 0 Å². The van der Waals surface area contributed by atoms with E-state index in [9.17, 15) is 14.4 Å². The Morgan fingerprint density at radius 2 is 1.52 bits per heavy atom. The lowest BCUT2D eigenvalue weighted by Crippen LogP contribution is -2.62. The van der Waals surface area contributed by atoms with E-state index in [1.165, 1.54) is 16.0 Å². The number of nitrogens with zero attached hydrogens (tertiary/aromatic N) is 2. The molecule has 4 aliphatic rings. The summed E-state index contributed by atoms with van der Waals surface area (Å²) in [6, 6.07) is 29.2.